The van der Waals surface area contributed by atoms with Crippen molar-refractivity contribution in [3.8, 4) is 5.75 Å². The highest BCUT2D eigenvalue weighted by molar-refractivity contribution is 5.51. The molecule has 2 aliphatic heterocycles. The summed E-state index contributed by atoms with van der Waals surface area (Å²) in [5.74, 6) is 2.19. The Labute approximate surface area is 138 Å². The molecule has 0 spiro atoms. The van der Waals surface area contributed by atoms with Crippen LogP contribution in [0.5, 0.6) is 5.75 Å². The molecule has 0 bridgehead atoms. The lowest BCUT2D eigenvalue weighted by Crippen LogP contribution is -2.42. The molecule has 0 amide bonds. The Morgan fingerprint density at radius 2 is 1.83 bits per heavy atom. The average Bonchev–Trinajstić information content (AvgIpc) is 3.03. The fourth-order valence-corrected chi connectivity index (χ4v) is 4.46. The van der Waals surface area contributed by atoms with E-state index in [-0.39, 0.29) is 12.2 Å². The van der Waals surface area contributed by atoms with Crippen molar-refractivity contribution in [2.45, 2.75) is 44.3 Å². The molecule has 1 aromatic carbocycles. The lowest BCUT2D eigenvalue weighted by Gasteiger charge is -2.35. The number of aliphatic hydroxyl groups is 1. The maximum absolute atomic E-state index is 10.4. The summed E-state index contributed by atoms with van der Waals surface area (Å²) in [7, 11) is 0. The molecule has 3 fully saturated rings. The third kappa shape index (κ3) is 3.33. The number of ether oxygens (including phenoxy) is 1. The van der Waals surface area contributed by atoms with E-state index < -0.39 is 0 Å². The van der Waals surface area contributed by atoms with Crippen LogP contribution in [0, 0.1) is 11.8 Å². The summed E-state index contributed by atoms with van der Waals surface area (Å²) in [5, 5.41) is 13.9. The molecule has 23 heavy (non-hydrogen) atoms. The van der Waals surface area contributed by atoms with E-state index in [4.69, 9.17) is 4.74 Å². The molecule has 4 heteroatoms. The molecular formula is C19H28N2O2. The summed E-state index contributed by atoms with van der Waals surface area (Å²) in [6, 6.07) is 8.43. The van der Waals surface area contributed by atoms with Gasteiger partial charge in [-0.25, -0.2) is 0 Å². The Bertz CT molecular complexity index is 530. The number of benzene rings is 1. The summed E-state index contributed by atoms with van der Waals surface area (Å²) in [6.45, 7) is 4.42. The highest BCUT2D eigenvalue weighted by Gasteiger charge is 2.39. The predicted molar refractivity (Wildman–Crippen MR) is 92.0 cm³/mol. The van der Waals surface area contributed by atoms with Gasteiger partial charge in [-0.3, -0.25) is 0 Å². The van der Waals surface area contributed by atoms with Gasteiger partial charge in [-0.2, -0.15) is 0 Å². The SMILES string of the molecule is O[C@@H]1C[C@H]2CNC[C@H]2C[C@H]1Oc1cccc(N2CCCCC2)c1. The van der Waals surface area contributed by atoms with E-state index >= 15 is 0 Å². The zero-order chi connectivity index (χ0) is 15.6. The number of fused-ring (bicyclic) bond motifs is 1. The first kappa shape index (κ1) is 15.3. The molecule has 4 nitrogen and oxygen atoms in total. The second kappa shape index (κ2) is 6.70. The summed E-state index contributed by atoms with van der Waals surface area (Å²) < 4.78 is 6.20. The monoisotopic (exact) mass is 316 g/mol. The van der Waals surface area contributed by atoms with Crippen molar-refractivity contribution < 1.29 is 9.84 Å². The molecule has 126 valence electrons. The van der Waals surface area contributed by atoms with Crippen molar-refractivity contribution in [3.05, 3.63) is 24.3 Å². The quantitative estimate of drug-likeness (QED) is 0.899. The Morgan fingerprint density at radius 3 is 2.65 bits per heavy atom. The largest absolute Gasteiger partial charge is 0.488 e. The maximum atomic E-state index is 10.4. The molecule has 1 aromatic rings. The van der Waals surface area contributed by atoms with Gasteiger partial charge in [0.2, 0.25) is 0 Å². The molecule has 2 saturated heterocycles. The van der Waals surface area contributed by atoms with Crippen molar-refractivity contribution in [2.75, 3.05) is 31.1 Å². The first-order valence-corrected chi connectivity index (χ1v) is 9.20. The van der Waals surface area contributed by atoms with E-state index in [1.807, 2.05) is 6.07 Å². The molecule has 0 aromatic heterocycles. The fraction of sp³-hybridized carbons (Fsp3) is 0.684. The highest BCUT2D eigenvalue weighted by Crippen LogP contribution is 2.35. The standard InChI is InChI=1S/C19H28N2O2/c22-18-9-14-12-20-13-15(14)10-19(18)23-17-6-4-5-16(11-17)21-7-2-1-3-8-21/h4-6,11,14-15,18-20,22H,1-3,7-10,12-13H2/t14-,15+,18+,19+/m0/s1. The summed E-state index contributed by atoms with van der Waals surface area (Å²) in [6.07, 6.45) is 5.34. The van der Waals surface area contributed by atoms with Gasteiger partial charge in [0.15, 0.2) is 0 Å². The van der Waals surface area contributed by atoms with Crippen LogP contribution in [0.1, 0.15) is 32.1 Å². The zero-order valence-corrected chi connectivity index (χ0v) is 13.8. The molecule has 4 atom stereocenters. The molecular weight excluding hydrogens is 288 g/mol. The lowest BCUT2D eigenvalue weighted by molar-refractivity contribution is -0.0231. The molecule has 3 aliphatic rings. The Balaban J connectivity index is 1.43. The highest BCUT2D eigenvalue weighted by atomic mass is 16.5. The van der Waals surface area contributed by atoms with Crippen molar-refractivity contribution in [1.29, 1.82) is 0 Å². The molecule has 2 N–H and O–H groups in total. The van der Waals surface area contributed by atoms with Gasteiger partial charge in [-0.05, 0) is 69.2 Å². The van der Waals surface area contributed by atoms with Crippen molar-refractivity contribution in [3.63, 3.8) is 0 Å². The molecule has 0 unspecified atom stereocenters. The fourth-order valence-electron chi connectivity index (χ4n) is 4.46. The minimum absolute atomic E-state index is 0.0623. The summed E-state index contributed by atoms with van der Waals surface area (Å²) in [4.78, 5) is 2.45. The van der Waals surface area contributed by atoms with E-state index in [2.05, 4.69) is 28.4 Å². The topological polar surface area (TPSA) is 44.7 Å². The lowest BCUT2D eigenvalue weighted by atomic mass is 9.78. The Kier molecular flexibility index (Phi) is 4.45. The number of nitrogens with zero attached hydrogens (tertiary/aromatic N) is 1. The van der Waals surface area contributed by atoms with Gasteiger partial charge in [-0.1, -0.05) is 6.07 Å². The van der Waals surface area contributed by atoms with E-state index in [9.17, 15) is 5.11 Å². The minimum Gasteiger partial charge on any atom is -0.488 e. The van der Waals surface area contributed by atoms with Gasteiger partial charge in [0.05, 0.1) is 6.10 Å². The van der Waals surface area contributed by atoms with Crippen LogP contribution in [-0.2, 0) is 0 Å². The normalized spacial score (nSPS) is 34.2. The van der Waals surface area contributed by atoms with Gasteiger partial charge in [0.25, 0.3) is 0 Å². The Hall–Kier alpha value is -1.26. The number of aliphatic hydroxyl groups excluding tert-OH is 1. The van der Waals surface area contributed by atoms with Crippen LogP contribution in [0.4, 0.5) is 5.69 Å². The van der Waals surface area contributed by atoms with Gasteiger partial charge in [-0.15, -0.1) is 0 Å². The summed E-state index contributed by atoms with van der Waals surface area (Å²) >= 11 is 0. The predicted octanol–water partition coefficient (Wildman–Crippen LogP) is 2.41. The van der Waals surface area contributed by atoms with E-state index in [0.717, 1.165) is 44.8 Å². The van der Waals surface area contributed by atoms with Gasteiger partial charge >= 0.3 is 0 Å². The van der Waals surface area contributed by atoms with Crippen molar-refractivity contribution >= 4 is 5.69 Å². The third-order valence-corrected chi connectivity index (χ3v) is 5.81. The molecule has 2 heterocycles. The van der Waals surface area contributed by atoms with Crippen LogP contribution >= 0.6 is 0 Å². The number of rotatable bonds is 3. The van der Waals surface area contributed by atoms with E-state index in [1.54, 1.807) is 0 Å². The number of hydrogen-bond acceptors (Lipinski definition) is 4. The number of anilines is 1. The van der Waals surface area contributed by atoms with Crippen molar-refractivity contribution in [1.82, 2.24) is 5.32 Å². The smallest absolute Gasteiger partial charge is 0.125 e. The van der Waals surface area contributed by atoms with Crippen LogP contribution in [0.2, 0.25) is 0 Å². The second-order valence-corrected chi connectivity index (χ2v) is 7.42. The first-order valence-electron chi connectivity index (χ1n) is 9.20. The van der Waals surface area contributed by atoms with Crippen LogP contribution in [-0.4, -0.2) is 43.5 Å². The maximum Gasteiger partial charge on any atom is 0.125 e. The summed E-state index contributed by atoms with van der Waals surface area (Å²) in [5.41, 5.74) is 1.26. The molecule has 1 aliphatic carbocycles. The first-order chi connectivity index (χ1) is 11.3. The number of hydrogen-bond donors (Lipinski definition) is 2. The number of piperidine rings is 1. The van der Waals surface area contributed by atoms with Gasteiger partial charge in [0, 0.05) is 24.8 Å². The minimum atomic E-state index is -0.338. The van der Waals surface area contributed by atoms with Crippen LogP contribution < -0.4 is 15.0 Å². The van der Waals surface area contributed by atoms with Crippen LogP contribution in [0.25, 0.3) is 0 Å². The van der Waals surface area contributed by atoms with E-state index in [1.165, 1.54) is 24.9 Å². The molecule has 0 radical (unpaired) electrons. The third-order valence-electron chi connectivity index (χ3n) is 5.81. The van der Waals surface area contributed by atoms with Crippen molar-refractivity contribution in [2.24, 2.45) is 11.8 Å². The van der Waals surface area contributed by atoms with Gasteiger partial charge < -0.3 is 20.1 Å². The molecule has 1 saturated carbocycles. The van der Waals surface area contributed by atoms with Crippen LogP contribution in [0.15, 0.2) is 24.3 Å². The zero-order valence-electron chi connectivity index (χ0n) is 13.8. The average molecular weight is 316 g/mol. The number of nitrogens with one attached hydrogen (secondary N) is 1. The Morgan fingerprint density at radius 1 is 1.04 bits per heavy atom. The van der Waals surface area contributed by atoms with E-state index in [0.29, 0.717) is 11.8 Å². The van der Waals surface area contributed by atoms with Gasteiger partial charge in [0.1, 0.15) is 11.9 Å². The van der Waals surface area contributed by atoms with Crippen LogP contribution in [0.3, 0.4) is 0 Å². The molecule has 4 rings (SSSR count). The second-order valence-electron chi connectivity index (χ2n) is 7.42.